The van der Waals surface area contributed by atoms with Gasteiger partial charge in [0.1, 0.15) is 14.9 Å². The van der Waals surface area contributed by atoms with Crippen molar-refractivity contribution in [1.82, 2.24) is 9.38 Å². The van der Waals surface area contributed by atoms with E-state index in [4.69, 9.17) is 4.74 Å². The van der Waals surface area contributed by atoms with Crippen LogP contribution in [-0.2, 0) is 4.74 Å². The Morgan fingerprint density at radius 2 is 2.11 bits per heavy atom. The molecule has 0 radical (unpaired) electrons. The van der Waals surface area contributed by atoms with Crippen LogP contribution in [0.25, 0.3) is 5.65 Å². The number of nitrogens with zero attached hydrogens (tertiary/aromatic N) is 3. The van der Waals surface area contributed by atoms with E-state index in [-0.39, 0.29) is 6.09 Å². The van der Waals surface area contributed by atoms with E-state index in [2.05, 4.69) is 27.6 Å². The van der Waals surface area contributed by atoms with E-state index in [9.17, 15) is 4.79 Å². The average Bonchev–Trinajstić information content (AvgIpc) is 2.67. The lowest BCUT2D eigenvalue weighted by Gasteiger charge is -2.24. The first kappa shape index (κ1) is 14.1. The summed E-state index contributed by atoms with van der Waals surface area (Å²) < 4.78 is 8.26. The van der Waals surface area contributed by atoms with Crippen LogP contribution < -0.4 is 4.90 Å². The van der Waals surface area contributed by atoms with Gasteiger partial charge in [0.25, 0.3) is 0 Å². The Morgan fingerprint density at radius 3 is 2.74 bits per heavy atom. The molecule has 2 aromatic heterocycles. The first-order valence-corrected chi connectivity index (χ1v) is 6.95. The number of halogens is 1. The predicted molar refractivity (Wildman–Crippen MR) is 82.5 cm³/mol. The van der Waals surface area contributed by atoms with E-state index in [0.29, 0.717) is 0 Å². The lowest BCUT2D eigenvalue weighted by molar-refractivity contribution is 0.0589. The van der Waals surface area contributed by atoms with Gasteiger partial charge in [0, 0.05) is 13.2 Å². The first-order chi connectivity index (χ1) is 8.78. The second-order valence-corrected chi connectivity index (χ2v) is 6.34. The van der Waals surface area contributed by atoms with Gasteiger partial charge in [-0.2, -0.15) is 0 Å². The Hall–Kier alpha value is -1.31. The van der Waals surface area contributed by atoms with E-state index in [1.54, 1.807) is 13.2 Å². The van der Waals surface area contributed by atoms with Crippen molar-refractivity contribution in [1.29, 1.82) is 0 Å². The minimum Gasteiger partial charge on any atom is -0.443 e. The lowest BCUT2D eigenvalue weighted by atomic mass is 10.2. The molecule has 2 rings (SSSR count). The predicted octanol–water partition coefficient (Wildman–Crippen LogP) is 3.31. The Morgan fingerprint density at radius 1 is 1.42 bits per heavy atom. The van der Waals surface area contributed by atoms with Gasteiger partial charge in [-0.25, -0.2) is 9.78 Å². The maximum absolute atomic E-state index is 12.0. The van der Waals surface area contributed by atoms with E-state index in [1.807, 2.05) is 43.5 Å². The van der Waals surface area contributed by atoms with E-state index >= 15 is 0 Å². The molecule has 0 atom stereocenters. The fourth-order valence-corrected chi connectivity index (χ4v) is 2.10. The highest BCUT2D eigenvalue weighted by Gasteiger charge is 2.20. The number of hydrogen-bond acceptors (Lipinski definition) is 3. The molecule has 0 fully saturated rings. The molecular weight excluding hydrogens is 357 g/mol. The highest BCUT2D eigenvalue weighted by molar-refractivity contribution is 14.1. The Labute approximate surface area is 125 Å². The smallest absolute Gasteiger partial charge is 0.414 e. The molecule has 102 valence electrons. The van der Waals surface area contributed by atoms with Crippen molar-refractivity contribution in [2.75, 3.05) is 11.9 Å². The standard InChI is InChI=1S/C13H16IN3O2/c1-13(2,3)19-12(18)16(4)9-5-6-11-15-7-10(14)17(11)8-9/h5-8H,1-4H3. The molecule has 0 bridgehead atoms. The molecule has 0 N–H and O–H groups in total. The summed E-state index contributed by atoms with van der Waals surface area (Å²) in [6.45, 7) is 5.54. The quantitative estimate of drug-likeness (QED) is 0.721. The zero-order chi connectivity index (χ0) is 14.2. The summed E-state index contributed by atoms with van der Waals surface area (Å²) in [5.41, 5.74) is 1.11. The van der Waals surface area contributed by atoms with Gasteiger partial charge in [-0.3, -0.25) is 9.30 Å². The number of anilines is 1. The molecule has 0 aliphatic rings. The molecule has 2 aromatic rings. The van der Waals surface area contributed by atoms with E-state index in [0.717, 1.165) is 15.0 Å². The maximum Gasteiger partial charge on any atom is 0.414 e. The molecule has 0 spiro atoms. The summed E-state index contributed by atoms with van der Waals surface area (Å²) in [6, 6.07) is 3.72. The first-order valence-electron chi connectivity index (χ1n) is 5.87. The fourth-order valence-electron chi connectivity index (χ4n) is 1.57. The molecule has 0 saturated carbocycles. The lowest BCUT2D eigenvalue weighted by Crippen LogP contribution is -2.34. The Bertz CT molecular complexity index is 616. The number of pyridine rings is 1. The van der Waals surface area contributed by atoms with Crippen LogP contribution in [0, 0.1) is 3.70 Å². The zero-order valence-corrected chi connectivity index (χ0v) is 13.5. The Balaban J connectivity index is 2.28. The Kier molecular flexibility index (Phi) is 3.71. The summed E-state index contributed by atoms with van der Waals surface area (Å²) in [5, 5.41) is 0. The molecule has 6 heteroatoms. The van der Waals surface area contributed by atoms with Crippen molar-refractivity contribution >= 4 is 40.0 Å². The van der Waals surface area contributed by atoms with Gasteiger partial charge in [-0.15, -0.1) is 0 Å². The van der Waals surface area contributed by atoms with Crippen molar-refractivity contribution in [3.63, 3.8) is 0 Å². The number of amides is 1. The molecule has 0 saturated heterocycles. The van der Waals surface area contributed by atoms with Crippen molar-refractivity contribution < 1.29 is 9.53 Å². The molecule has 0 aromatic carbocycles. The largest absolute Gasteiger partial charge is 0.443 e. The number of imidazole rings is 1. The van der Waals surface area contributed by atoms with Crippen LogP contribution in [0.4, 0.5) is 10.5 Å². The normalized spacial score (nSPS) is 11.6. The van der Waals surface area contributed by atoms with Gasteiger partial charge < -0.3 is 4.74 Å². The molecule has 5 nitrogen and oxygen atoms in total. The highest BCUT2D eigenvalue weighted by atomic mass is 127. The van der Waals surface area contributed by atoms with E-state index in [1.165, 1.54) is 4.90 Å². The zero-order valence-electron chi connectivity index (χ0n) is 11.3. The van der Waals surface area contributed by atoms with Crippen LogP contribution >= 0.6 is 22.6 Å². The molecular formula is C13H16IN3O2. The SMILES string of the molecule is CN(C(=O)OC(C)(C)C)c1ccc2ncc(I)n2c1. The van der Waals surface area contributed by atoms with Crippen LogP contribution in [0.5, 0.6) is 0 Å². The molecule has 19 heavy (non-hydrogen) atoms. The number of ether oxygens (including phenoxy) is 1. The van der Waals surface area contributed by atoms with Crippen LogP contribution in [0.15, 0.2) is 24.5 Å². The van der Waals surface area contributed by atoms with Gasteiger partial charge >= 0.3 is 6.09 Å². The second-order valence-electron chi connectivity index (χ2n) is 5.24. The summed E-state index contributed by atoms with van der Waals surface area (Å²) in [7, 11) is 1.69. The maximum atomic E-state index is 12.0. The minimum absolute atomic E-state index is 0.373. The summed E-state index contributed by atoms with van der Waals surface area (Å²) in [4.78, 5) is 17.7. The number of fused-ring (bicyclic) bond motifs is 1. The number of aromatic nitrogens is 2. The number of carbonyl (C=O) groups is 1. The third-order valence-electron chi connectivity index (χ3n) is 2.50. The average molecular weight is 373 g/mol. The highest BCUT2D eigenvalue weighted by Crippen LogP contribution is 2.19. The third-order valence-corrected chi connectivity index (χ3v) is 3.30. The molecule has 0 unspecified atom stereocenters. The molecule has 0 aliphatic carbocycles. The van der Waals surface area contributed by atoms with Gasteiger partial charge in [-0.05, 0) is 55.5 Å². The van der Waals surface area contributed by atoms with Crippen LogP contribution in [0.1, 0.15) is 20.8 Å². The molecule has 1 amide bonds. The third kappa shape index (κ3) is 3.17. The second kappa shape index (κ2) is 4.99. The van der Waals surface area contributed by atoms with Crippen molar-refractivity contribution in [2.24, 2.45) is 0 Å². The molecule has 0 aliphatic heterocycles. The van der Waals surface area contributed by atoms with Crippen molar-refractivity contribution in [2.45, 2.75) is 26.4 Å². The monoisotopic (exact) mass is 373 g/mol. The van der Waals surface area contributed by atoms with Crippen molar-refractivity contribution in [3.8, 4) is 0 Å². The topological polar surface area (TPSA) is 46.8 Å². The van der Waals surface area contributed by atoms with Gasteiger partial charge in [0.15, 0.2) is 0 Å². The summed E-state index contributed by atoms with van der Waals surface area (Å²) in [5.74, 6) is 0. The number of hydrogen-bond donors (Lipinski definition) is 0. The molecule has 2 heterocycles. The summed E-state index contributed by atoms with van der Waals surface area (Å²) in [6.07, 6.45) is 3.28. The van der Waals surface area contributed by atoms with Crippen LogP contribution in [0.3, 0.4) is 0 Å². The van der Waals surface area contributed by atoms with Crippen LogP contribution in [-0.4, -0.2) is 28.1 Å². The number of carbonyl (C=O) groups excluding carboxylic acids is 1. The van der Waals surface area contributed by atoms with Crippen LogP contribution in [0.2, 0.25) is 0 Å². The van der Waals surface area contributed by atoms with Gasteiger partial charge in [-0.1, -0.05) is 0 Å². The fraction of sp³-hybridized carbons (Fsp3) is 0.385. The minimum atomic E-state index is -0.501. The van der Waals surface area contributed by atoms with Gasteiger partial charge in [0.05, 0.1) is 11.9 Å². The van der Waals surface area contributed by atoms with E-state index < -0.39 is 5.60 Å². The van der Waals surface area contributed by atoms with Gasteiger partial charge in [0.2, 0.25) is 0 Å². The van der Waals surface area contributed by atoms with Crippen molar-refractivity contribution in [3.05, 3.63) is 28.2 Å². The summed E-state index contributed by atoms with van der Waals surface area (Å²) >= 11 is 2.20. The number of rotatable bonds is 1.